The van der Waals surface area contributed by atoms with E-state index in [1.54, 1.807) is 34.6 Å². The zero-order chi connectivity index (χ0) is 46.2. The van der Waals surface area contributed by atoms with Gasteiger partial charge in [0.2, 0.25) is 0 Å². The highest BCUT2D eigenvalue weighted by molar-refractivity contribution is 5.90. The van der Waals surface area contributed by atoms with Crippen molar-refractivity contribution in [1.29, 1.82) is 0 Å². The van der Waals surface area contributed by atoms with Crippen molar-refractivity contribution in [3.05, 3.63) is 0 Å². The minimum Gasteiger partial charge on any atom is -0.481 e. The SMILES string of the molecule is CCC(C)(CC(C)OC(C)(C)C(=O)CCC(=O)O)OCC(COC(C)(C)CC(C)OC(C)(C)C(=O)CCC(=O)O)OC(C)(C)CC(C)OC(C)(CC)C(=O)CCC(=O)O. The summed E-state index contributed by atoms with van der Waals surface area (Å²) >= 11 is 0. The van der Waals surface area contributed by atoms with Gasteiger partial charge in [0, 0.05) is 38.5 Å². The van der Waals surface area contributed by atoms with Crippen molar-refractivity contribution in [3.8, 4) is 0 Å². The molecule has 59 heavy (non-hydrogen) atoms. The second kappa shape index (κ2) is 24.0. The van der Waals surface area contributed by atoms with Crippen molar-refractivity contribution < 1.29 is 72.5 Å². The summed E-state index contributed by atoms with van der Waals surface area (Å²) in [4.78, 5) is 71.7. The lowest BCUT2D eigenvalue weighted by molar-refractivity contribution is -0.193. The molecule has 0 aliphatic heterocycles. The maximum Gasteiger partial charge on any atom is 0.303 e. The van der Waals surface area contributed by atoms with Crippen molar-refractivity contribution in [2.45, 2.75) is 233 Å². The van der Waals surface area contributed by atoms with Gasteiger partial charge in [-0.2, -0.15) is 0 Å². The molecule has 0 aromatic rings. The Labute approximate surface area is 352 Å². The number of carbonyl (C=O) groups is 6. The van der Waals surface area contributed by atoms with Gasteiger partial charge in [0.05, 0.1) is 67.6 Å². The minimum atomic E-state index is -1.20. The molecule has 0 saturated carbocycles. The van der Waals surface area contributed by atoms with E-state index in [1.807, 2.05) is 69.2 Å². The van der Waals surface area contributed by atoms with Crippen LogP contribution in [0.5, 0.6) is 0 Å². The zero-order valence-corrected chi connectivity index (χ0v) is 38.7. The fraction of sp³-hybridized carbons (Fsp3) is 0.864. The first-order valence-corrected chi connectivity index (χ1v) is 21.0. The molecule has 0 saturated heterocycles. The lowest BCUT2D eigenvalue weighted by Crippen LogP contribution is -2.46. The zero-order valence-electron chi connectivity index (χ0n) is 38.7. The molecule has 0 amide bonds. The first-order valence-electron chi connectivity index (χ1n) is 21.0. The standard InChI is InChI=1S/C44H78O15/c1-16-43(14,26-31(5)57-42(12,13)34(46)19-22-37(50)51)55-28-32(27-54-39(6,7)24-29(3)56-41(10,11)33(45)18-21-36(48)49)59-40(8,9)25-30(4)58-44(15,17-2)35(47)20-23-38(52)53/h29-32H,16-28H2,1-15H3,(H,48,49)(H,50,51)(H,52,53). The molecule has 0 radical (unpaired) electrons. The smallest absolute Gasteiger partial charge is 0.303 e. The van der Waals surface area contributed by atoms with Gasteiger partial charge >= 0.3 is 17.9 Å². The Balaban J connectivity index is 6.16. The molecule has 0 aliphatic carbocycles. The molecule has 6 unspecified atom stereocenters. The minimum absolute atomic E-state index is 0.0939. The van der Waals surface area contributed by atoms with Gasteiger partial charge in [-0.1, -0.05) is 13.8 Å². The van der Waals surface area contributed by atoms with E-state index in [4.69, 9.17) is 43.7 Å². The summed E-state index contributed by atoms with van der Waals surface area (Å²) in [5, 5.41) is 27.2. The van der Waals surface area contributed by atoms with E-state index < -0.39 is 75.9 Å². The van der Waals surface area contributed by atoms with E-state index in [2.05, 4.69) is 0 Å². The van der Waals surface area contributed by atoms with Gasteiger partial charge in [-0.25, -0.2) is 0 Å². The second-order valence-electron chi connectivity index (χ2n) is 18.6. The lowest BCUT2D eigenvalue weighted by atomic mass is 9.92. The Morgan fingerprint density at radius 1 is 0.458 bits per heavy atom. The summed E-state index contributed by atoms with van der Waals surface area (Å²) in [7, 11) is 0. The molecule has 344 valence electrons. The maximum atomic E-state index is 13.0. The number of hydrogen-bond donors (Lipinski definition) is 3. The quantitative estimate of drug-likeness (QED) is 0.0570. The van der Waals surface area contributed by atoms with Crippen LogP contribution >= 0.6 is 0 Å². The summed E-state index contributed by atoms with van der Waals surface area (Å²) in [6.07, 6.45) is -1.09. The highest BCUT2D eigenvalue weighted by atomic mass is 16.6. The summed E-state index contributed by atoms with van der Waals surface area (Å²) in [5.41, 5.74) is -5.89. The van der Waals surface area contributed by atoms with Crippen LogP contribution in [0.1, 0.15) is 174 Å². The number of ketones is 3. The van der Waals surface area contributed by atoms with Gasteiger partial charge in [-0.15, -0.1) is 0 Å². The van der Waals surface area contributed by atoms with Crippen molar-refractivity contribution >= 4 is 35.3 Å². The van der Waals surface area contributed by atoms with Gasteiger partial charge < -0.3 is 43.7 Å². The first kappa shape index (κ1) is 56.2. The van der Waals surface area contributed by atoms with E-state index in [1.165, 1.54) is 0 Å². The normalized spacial score (nSPS) is 16.9. The van der Waals surface area contributed by atoms with Crippen molar-refractivity contribution in [2.24, 2.45) is 0 Å². The van der Waals surface area contributed by atoms with E-state index in [0.717, 1.165) is 0 Å². The molecule has 15 nitrogen and oxygen atoms in total. The number of aliphatic carboxylic acids is 3. The molecule has 0 bridgehead atoms. The van der Waals surface area contributed by atoms with Gasteiger partial charge in [0.15, 0.2) is 17.3 Å². The van der Waals surface area contributed by atoms with E-state index >= 15 is 0 Å². The van der Waals surface area contributed by atoms with Crippen LogP contribution in [0.4, 0.5) is 0 Å². The van der Waals surface area contributed by atoms with E-state index in [0.29, 0.717) is 32.1 Å². The fourth-order valence-electron chi connectivity index (χ4n) is 7.17. The predicted molar refractivity (Wildman–Crippen MR) is 222 cm³/mol. The lowest BCUT2D eigenvalue weighted by Gasteiger charge is -2.39. The van der Waals surface area contributed by atoms with Crippen LogP contribution < -0.4 is 0 Å². The van der Waals surface area contributed by atoms with Crippen LogP contribution in [0.15, 0.2) is 0 Å². The third-order valence-corrected chi connectivity index (χ3v) is 10.5. The van der Waals surface area contributed by atoms with Gasteiger partial charge in [-0.05, 0) is 103 Å². The van der Waals surface area contributed by atoms with Crippen LogP contribution in [0.3, 0.4) is 0 Å². The number of carbonyl (C=O) groups excluding carboxylic acids is 3. The molecule has 0 aliphatic rings. The number of hydrogen-bond acceptors (Lipinski definition) is 12. The number of ether oxygens (including phenoxy) is 6. The third kappa shape index (κ3) is 22.6. The molecule has 6 atom stereocenters. The largest absolute Gasteiger partial charge is 0.481 e. The third-order valence-electron chi connectivity index (χ3n) is 10.5. The topological polar surface area (TPSA) is 218 Å². The van der Waals surface area contributed by atoms with Crippen molar-refractivity contribution in [2.75, 3.05) is 13.2 Å². The fourth-order valence-corrected chi connectivity index (χ4v) is 7.17. The summed E-state index contributed by atoms with van der Waals surface area (Å²) < 4.78 is 38.3. The molecule has 15 heteroatoms. The molecular formula is C44H78O15. The van der Waals surface area contributed by atoms with Crippen LogP contribution in [-0.4, -0.2) is 122 Å². The maximum absolute atomic E-state index is 13.0. The number of rotatable bonds is 34. The average molecular weight is 847 g/mol. The predicted octanol–water partition coefficient (Wildman–Crippen LogP) is 7.54. The van der Waals surface area contributed by atoms with Crippen LogP contribution in [-0.2, 0) is 57.2 Å². The number of carboxylic acids is 3. The highest BCUT2D eigenvalue weighted by Crippen LogP contribution is 2.31. The van der Waals surface area contributed by atoms with E-state index in [9.17, 15) is 28.8 Å². The summed E-state index contributed by atoms with van der Waals surface area (Å²) in [5.74, 6) is -4.08. The molecule has 0 fully saturated rings. The van der Waals surface area contributed by atoms with E-state index in [-0.39, 0.29) is 69.1 Å². The Morgan fingerprint density at radius 2 is 0.831 bits per heavy atom. The monoisotopic (exact) mass is 847 g/mol. The Hall–Kier alpha value is -2.82. The molecule has 0 heterocycles. The van der Waals surface area contributed by atoms with Crippen LogP contribution in [0.2, 0.25) is 0 Å². The summed E-state index contributed by atoms with van der Waals surface area (Å²) in [6, 6.07) is 0. The molecular weight excluding hydrogens is 768 g/mol. The first-order chi connectivity index (χ1) is 26.7. The molecule has 0 aromatic carbocycles. The Kier molecular flexibility index (Phi) is 22.8. The molecule has 3 N–H and O–H groups in total. The van der Waals surface area contributed by atoms with Gasteiger partial charge in [-0.3, -0.25) is 28.8 Å². The Morgan fingerprint density at radius 3 is 1.24 bits per heavy atom. The van der Waals surface area contributed by atoms with Crippen molar-refractivity contribution in [1.82, 2.24) is 0 Å². The number of Topliss-reactive ketones (excluding diaryl/α,β-unsaturated/α-hetero) is 3. The summed E-state index contributed by atoms with van der Waals surface area (Å²) in [6.45, 7) is 27.2. The Bertz CT molecular complexity index is 1390. The van der Waals surface area contributed by atoms with Gasteiger partial charge in [0.25, 0.3) is 0 Å². The highest BCUT2D eigenvalue weighted by Gasteiger charge is 2.39. The van der Waals surface area contributed by atoms with Crippen molar-refractivity contribution in [3.63, 3.8) is 0 Å². The molecule has 0 aromatic heterocycles. The van der Waals surface area contributed by atoms with Crippen LogP contribution in [0, 0.1) is 0 Å². The molecule has 0 spiro atoms. The van der Waals surface area contributed by atoms with Gasteiger partial charge in [0.1, 0.15) is 22.9 Å². The molecule has 0 rings (SSSR count). The second-order valence-corrected chi connectivity index (χ2v) is 18.6. The van der Waals surface area contributed by atoms with Crippen LogP contribution in [0.25, 0.3) is 0 Å². The number of carboxylic acid groups (broad SMARTS) is 3. The average Bonchev–Trinajstić information content (AvgIpc) is 3.07.